The maximum absolute atomic E-state index is 4.50. The molecular weight excluding hydrogens is 208 g/mol. The van der Waals surface area contributed by atoms with Gasteiger partial charge in [-0.1, -0.05) is 79.4 Å². The van der Waals surface area contributed by atoms with Crippen LogP contribution >= 0.6 is 0 Å². The summed E-state index contributed by atoms with van der Waals surface area (Å²) in [6, 6.07) is 22.0. The molecule has 0 aliphatic carbocycles. The van der Waals surface area contributed by atoms with Crippen LogP contribution in [0.25, 0.3) is 6.08 Å². The molecule has 0 bridgehead atoms. The molecule has 2 aromatic carbocycles. The van der Waals surface area contributed by atoms with E-state index in [0.717, 1.165) is 13.2 Å². The van der Waals surface area contributed by atoms with Crippen LogP contribution in [0.1, 0.15) is 5.56 Å². The van der Waals surface area contributed by atoms with Crippen LogP contribution in [0.5, 0.6) is 0 Å². The lowest BCUT2D eigenvalue weighted by molar-refractivity contribution is 0.475. The van der Waals surface area contributed by atoms with Crippen molar-refractivity contribution in [3.8, 4) is 0 Å². The Kier molecular flexibility index (Phi) is 7.28. The third-order valence-corrected chi connectivity index (χ3v) is 1.91. The van der Waals surface area contributed by atoms with Crippen LogP contribution in [0.3, 0.4) is 0 Å². The number of hydrogen-bond donors (Lipinski definition) is 0. The predicted octanol–water partition coefficient (Wildman–Crippen LogP) is 4.03. The fraction of sp³-hybridized carbons (Fsp3) is 0.125. The molecule has 0 spiro atoms. The molecule has 1 heteroatoms. The molecule has 3 rings (SSSR count). The van der Waals surface area contributed by atoms with Gasteiger partial charge in [0.05, 0.1) is 13.2 Å². The average molecular weight is 226 g/mol. The monoisotopic (exact) mass is 226 g/mol. The summed E-state index contributed by atoms with van der Waals surface area (Å²) in [7, 11) is 0. The van der Waals surface area contributed by atoms with E-state index in [1.54, 1.807) is 0 Å². The Balaban J connectivity index is 0.000000140. The van der Waals surface area contributed by atoms with Gasteiger partial charge in [-0.2, -0.15) is 0 Å². The minimum atomic E-state index is 1.00. The highest BCUT2D eigenvalue weighted by Crippen LogP contribution is 1.97. The van der Waals surface area contributed by atoms with Crippen molar-refractivity contribution in [3.63, 3.8) is 0 Å². The Labute approximate surface area is 103 Å². The second-order valence-electron chi connectivity index (χ2n) is 3.38. The van der Waals surface area contributed by atoms with Gasteiger partial charge in [0, 0.05) is 0 Å². The minimum Gasteiger partial charge on any atom is -0.377 e. The molecule has 2 aromatic rings. The number of benzene rings is 2. The highest BCUT2D eigenvalue weighted by molar-refractivity contribution is 5.45. The standard InChI is InChI=1S/C8H8.C6H6.C2H4O/c1-2-8-6-4-3-5-7-8;1-2-4-6-5-3-1;1-2-3-1/h2-7H,1H2;1-6H;1-2H2. The SMILES string of the molecule is C1CO1.C=Cc1ccccc1.c1ccccc1. The summed E-state index contributed by atoms with van der Waals surface area (Å²) in [5.41, 5.74) is 1.17. The summed E-state index contributed by atoms with van der Waals surface area (Å²) in [5, 5.41) is 0. The zero-order valence-corrected chi connectivity index (χ0v) is 9.96. The fourth-order valence-electron chi connectivity index (χ4n) is 0.974. The van der Waals surface area contributed by atoms with E-state index in [9.17, 15) is 0 Å². The van der Waals surface area contributed by atoms with Gasteiger partial charge in [-0.25, -0.2) is 0 Å². The normalized spacial score (nSPS) is 11.1. The molecule has 88 valence electrons. The number of epoxide rings is 1. The van der Waals surface area contributed by atoms with Crippen LogP contribution in [0.15, 0.2) is 73.3 Å². The van der Waals surface area contributed by atoms with Crippen molar-refractivity contribution in [2.24, 2.45) is 0 Å². The molecule has 1 saturated heterocycles. The first kappa shape index (κ1) is 13.2. The minimum absolute atomic E-state index is 1.00. The molecule has 1 heterocycles. The van der Waals surface area contributed by atoms with Crippen LogP contribution in [0, 0.1) is 0 Å². The average Bonchev–Trinajstić information content (AvgIpc) is 3.31. The molecular formula is C16H18O. The summed E-state index contributed by atoms with van der Waals surface area (Å²) in [6.07, 6.45) is 1.83. The lowest BCUT2D eigenvalue weighted by Crippen LogP contribution is -1.63. The quantitative estimate of drug-likeness (QED) is 0.669. The van der Waals surface area contributed by atoms with Crippen LogP contribution in [-0.2, 0) is 4.74 Å². The van der Waals surface area contributed by atoms with E-state index in [-0.39, 0.29) is 0 Å². The number of hydrogen-bond acceptors (Lipinski definition) is 1. The van der Waals surface area contributed by atoms with Gasteiger partial charge in [-0.05, 0) is 5.56 Å². The maximum Gasteiger partial charge on any atom is 0.0701 e. The number of rotatable bonds is 1. The third-order valence-electron chi connectivity index (χ3n) is 1.91. The Bertz CT molecular complexity index is 349. The molecule has 1 aliphatic rings. The van der Waals surface area contributed by atoms with Crippen molar-refractivity contribution in [2.75, 3.05) is 13.2 Å². The van der Waals surface area contributed by atoms with Crippen molar-refractivity contribution in [1.29, 1.82) is 0 Å². The van der Waals surface area contributed by atoms with Gasteiger partial charge in [0.2, 0.25) is 0 Å². The molecule has 1 nitrogen and oxygen atoms in total. The first-order chi connectivity index (χ1) is 8.43. The fourth-order valence-corrected chi connectivity index (χ4v) is 0.974. The van der Waals surface area contributed by atoms with Gasteiger partial charge in [-0.3, -0.25) is 0 Å². The molecule has 1 aliphatic heterocycles. The van der Waals surface area contributed by atoms with Gasteiger partial charge < -0.3 is 4.74 Å². The molecule has 0 aromatic heterocycles. The van der Waals surface area contributed by atoms with Crippen molar-refractivity contribution < 1.29 is 4.74 Å². The second kappa shape index (κ2) is 9.37. The molecule has 0 N–H and O–H groups in total. The van der Waals surface area contributed by atoms with E-state index >= 15 is 0 Å². The summed E-state index contributed by atoms with van der Waals surface area (Å²) in [4.78, 5) is 0. The van der Waals surface area contributed by atoms with Crippen molar-refractivity contribution in [1.82, 2.24) is 0 Å². The van der Waals surface area contributed by atoms with Crippen LogP contribution < -0.4 is 0 Å². The highest BCUT2D eigenvalue weighted by atomic mass is 16.6. The summed E-state index contributed by atoms with van der Waals surface area (Å²) >= 11 is 0. The molecule has 0 radical (unpaired) electrons. The zero-order chi connectivity index (χ0) is 12.2. The zero-order valence-electron chi connectivity index (χ0n) is 9.96. The van der Waals surface area contributed by atoms with Gasteiger partial charge in [0.1, 0.15) is 0 Å². The molecule has 0 atom stereocenters. The Hall–Kier alpha value is -1.86. The third kappa shape index (κ3) is 9.09. The Morgan fingerprint density at radius 2 is 1.12 bits per heavy atom. The summed E-state index contributed by atoms with van der Waals surface area (Å²) < 4.78 is 4.50. The lowest BCUT2D eigenvalue weighted by atomic mass is 10.2. The van der Waals surface area contributed by atoms with E-state index in [4.69, 9.17) is 0 Å². The van der Waals surface area contributed by atoms with E-state index in [1.165, 1.54) is 5.56 Å². The Morgan fingerprint density at radius 3 is 1.35 bits per heavy atom. The van der Waals surface area contributed by atoms with E-state index in [1.807, 2.05) is 72.8 Å². The van der Waals surface area contributed by atoms with Gasteiger partial charge in [-0.15, -0.1) is 0 Å². The summed E-state index contributed by atoms with van der Waals surface area (Å²) in [5.74, 6) is 0. The van der Waals surface area contributed by atoms with Crippen molar-refractivity contribution >= 4 is 6.08 Å². The largest absolute Gasteiger partial charge is 0.377 e. The first-order valence-electron chi connectivity index (χ1n) is 5.68. The Morgan fingerprint density at radius 1 is 0.765 bits per heavy atom. The number of ether oxygens (including phenoxy) is 1. The molecule has 0 saturated carbocycles. The molecule has 0 unspecified atom stereocenters. The van der Waals surface area contributed by atoms with E-state index in [2.05, 4.69) is 11.3 Å². The van der Waals surface area contributed by atoms with Crippen LogP contribution in [0.4, 0.5) is 0 Å². The maximum atomic E-state index is 4.50. The highest BCUT2D eigenvalue weighted by Gasteiger charge is 1.94. The van der Waals surface area contributed by atoms with E-state index < -0.39 is 0 Å². The first-order valence-corrected chi connectivity index (χ1v) is 5.68. The van der Waals surface area contributed by atoms with Gasteiger partial charge in [0.25, 0.3) is 0 Å². The molecule has 17 heavy (non-hydrogen) atoms. The van der Waals surface area contributed by atoms with Crippen molar-refractivity contribution in [3.05, 3.63) is 78.9 Å². The second-order valence-corrected chi connectivity index (χ2v) is 3.38. The lowest BCUT2D eigenvalue weighted by Gasteiger charge is -1.85. The van der Waals surface area contributed by atoms with Crippen LogP contribution in [0.2, 0.25) is 0 Å². The topological polar surface area (TPSA) is 12.5 Å². The van der Waals surface area contributed by atoms with E-state index in [0.29, 0.717) is 0 Å². The van der Waals surface area contributed by atoms with Crippen LogP contribution in [-0.4, -0.2) is 13.2 Å². The van der Waals surface area contributed by atoms with Gasteiger partial charge >= 0.3 is 0 Å². The molecule has 1 fully saturated rings. The predicted molar refractivity (Wildman–Crippen MR) is 73.8 cm³/mol. The van der Waals surface area contributed by atoms with Crippen molar-refractivity contribution in [2.45, 2.75) is 0 Å². The summed E-state index contributed by atoms with van der Waals surface area (Å²) in [6.45, 7) is 5.63. The smallest absolute Gasteiger partial charge is 0.0701 e. The van der Waals surface area contributed by atoms with Gasteiger partial charge in [0.15, 0.2) is 0 Å². The molecule has 0 amide bonds.